The number of nitrogens with one attached hydrogen (secondary N) is 1. The van der Waals surface area contributed by atoms with Crippen molar-refractivity contribution in [3.63, 3.8) is 0 Å². The second kappa shape index (κ2) is 7.55. The largest absolute Gasteiger partial charge is 0.480 e. The molecule has 0 heterocycles. The second-order valence-electron chi connectivity index (χ2n) is 5.64. The number of halogens is 4. The summed E-state index contributed by atoms with van der Waals surface area (Å²) in [5, 5.41) is 11.4. The van der Waals surface area contributed by atoms with Gasteiger partial charge in [-0.25, -0.2) is 9.18 Å². The molecule has 0 saturated carbocycles. The van der Waals surface area contributed by atoms with Crippen LogP contribution in [-0.4, -0.2) is 23.0 Å². The van der Waals surface area contributed by atoms with Crippen molar-refractivity contribution in [2.24, 2.45) is 0 Å². The number of carbonyl (C=O) groups excluding carboxylic acids is 1. The third kappa shape index (κ3) is 4.19. The van der Waals surface area contributed by atoms with Crippen LogP contribution in [0.5, 0.6) is 0 Å². The Morgan fingerprint density at radius 2 is 1.62 bits per heavy atom. The molecule has 0 aliphatic heterocycles. The molecule has 26 heavy (non-hydrogen) atoms. The molecule has 2 rings (SSSR count). The summed E-state index contributed by atoms with van der Waals surface area (Å²) in [5.74, 6) is -4.36. The summed E-state index contributed by atoms with van der Waals surface area (Å²) in [6.45, 7) is 1.37. The predicted octanol–water partition coefficient (Wildman–Crippen LogP) is 3.83. The third-order valence-corrected chi connectivity index (χ3v) is 3.93. The lowest BCUT2D eigenvalue weighted by atomic mass is 9.92. The number of aliphatic carboxylic acids is 1. The molecule has 0 radical (unpaired) electrons. The summed E-state index contributed by atoms with van der Waals surface area (Å²) in [6, 6.07) is 7.82. The maximum atomic E-state index is 13.9. The summed E-state index contributed by atoms with van der Waals surface area (Å²) in [5.41, 5.74) is -1.85. The van der Waals surface area contributed by atoms with Crippen LogP contribution in [0, 0.1) is 5.82 Å². The van der Waals surface area contributed by atoms with Gasteiger partial charge in [-0.15, -0.1) is 0 Å². The number of amides is 1. The molecule has 0 aliphatic rings. The summed E-state index contributed by atoms with van der Waals surface area (Å²) in [4.78, 5) is 23.8. The lowest BCUT2D eigenvalue weighted by Crippen LogP contribution is -2.44. The normalized spacial score (nSPS) is 13.7. The van der Waals surface area contributed by atoms with Crippen molar-refractivity contribution in [3.8, 4) is 0 Å². The van der Waals surface area contributed by atoms with Gasteiger partial charge in [0, 0.05) is 5.92 Å². The number of hydrogen-bond donors (Lipinski definition) is 2. The Labute approximate surface area is 146 Å². The van der Waals surface area contributed by atoms with E-state index >= 15 is 0 Å². The molecule has 0 spiro atoms. The van der Waals surface area contributed by atoms with Gasteiger partial charge in [-0.05, 0) is 23.8 Å². The third-order valence-electron chi connectivity index (χ3n) is 3.93. The van der Waals surface area contributed by atoms with Crippen molar-refractivity contribution in [1.82, 2.24) is 5.32 Å². The number of benzene rings is 2. The SMILES string of the molecule is CC(c1ccccc1F)C(NC(=O)c1ccccc1C(F)(F)F)C(=O)O. The zero-order valence-electron chi connectivity index (χ0n) is 13.5. The standard InChI is InChI=1S/C18H15F4NO3/c1-10(11-6-3-5-9-14(11)19)15(17(25)26)23-16(24)12-7-2-4-8-13(12)18(20,21)22/h2-10,15H,1H3,(H,23,24)(H,25,26). The zero-order valence-corrected chi connectivity index (χ0v) is 13.5. The highest BCUT2D eigenvalue weighted by Gasteiger charge is 2.36. The van der Waals surface area contributed by atoms with E-state index in [0.29, 0.717) is 0 Å². The van der Waals surface area contributed by atoms with E-state index in [0.717, 1.165) is 24.3 Å². The lowest BCUT2D eigenvalue weighted by molar-refractivity contribution is -0.139. The maximum Gasteiger partial charge on any atom is 0.417 e. The molecule has 0 aliphatic carbocycles. The number of carboxylic acid groups (broad SMARTS) is 1. The first-order valence-electron chi connectivity index (χ1n) is 7.57. The molecule has 2 aromatic carbocycles. The molecule has 2 N–H and O–H groups in total. The van der Waals surface area contributed by atoms with Crippen molar-refractivity contribution in [2.45, 2.75) is 25.1 Å². The van der Waals surface area contributed by atoms with Crippen LogP contribution in [0.3, 0.4) is 0 Å². The molecule has 2 atom stereocenters. The van der Waals surface area contributed by atoms with Crippen LogP contribution in [-0.2, 0) is 11.0 Å². The molecular weight excluding hydrogens is 354 g/mol. The van der Waals surface area contributed by atoms with E-state index in [4.69, 9.17) is 0 Å². The Balaban J connectivity index is 2.33. The second-order valence-corrected chi connectivity index (χ2v) is 5.64. The highest BCUT2D eigenvalue weighted by atomic mass is 19.4. The fraction of sp³-hybridized carbons (Fsp3) is 0.222. The van der Waals surface area contributed by atoms with Crippen molar-refractivity contribution in [3.05, 3.63) is 71.0 Å². The quantitative estimate of drug-likeness (QED) is 0.788. The van der Waals surface area contributed by atoms with Gasteiger partial charge < -0.3 is 10.4 Å². The van der Waals surface area contributed by atoms with E-state index in [1.807, 2.05) is 0 Å². The first kappa shape index (κ1) is 19.4. The minimum absolute atomic E-state index is 0.0318. The maximum absolute atomic E-state index is 13.9. The molecule has 138 valence electrons. The van der Waals surface area contributed by atoms with Crippen LogP contribution < -0.4 is 5.32 Å². The number of rotatable bonds is 5. The summed E-state index contributed by atoms with van der Waals surface area (Å²) >= 11 is 0. The average Bonchev–Trinajstić information content (AvgIpc) is 2.58. The van der Waals surface area contributed by atoms with E-state index in [9.17, 15) is 32.3 Å². The summed E-state index contributed by atoms with van der Waals surface area (Å²) in [7, 11) is 0. The number of hydrogen-bond acceptors (Lipinski definition) is 2. The van der Waals surface area contributed by atoms with Crippen LogP contribution >= 0.6 is 0 Å². The first-order valence-corrected chi connectivity index (χ1v) is 7.57. The minimum Gasteiger partial charge on any atom is -0.480 e. The van der Waals surface area contributed by atoms with Crippen molar-refractivity contribution >= 4 is 11.9 Å². The van der Waals surface area contributed by atoms with Gasteiger partial charge in [-0.1, -0.05) is 37.3 Å². The minimum atomic E-state index is -4.77. The molecule has 0 saturated heterocycles. The molecule has 4 nitrogen and oxygen atoms in total. The molecule has 2 unspecified atom stereocenters. The van der Waals surface area contributed by atoms with E-state index in [1.165, 1.54) is 31.2 Å². The van der Waals surface area contributed by atoms with Gasteiger partial charge in [-0.2, -0.15) is 13.2 Å². The van der Waals surface area contributed by atoms with Crippen LogP contribution in [0.25, 0.3) is 0 Å². The number of carbonyl (C=O) groups is 2. The van der Waals surface area contributed by atoms with Gasteiger partial charge in [0.1, 0.15) is 11.9 Å². The van der Waals surface area contributed by atoms with E-state index in [2.05, 4.69) is 5.32 Å². The van der Waals surface area contributed by atoms with Crippen LogP contribution in [0.4, 0.5) is 17.6 Å². The van der Waals surface area contributed by atoms with Gasteiger partial charge in [-0.3, -0.25) is 4.79 Å². The Hall–Kier alpha value is -2.90. The Kier molecular flexibility index (Phi) is 5.64. The predicted molar refractivity (Wildman–Crippen MR) is 85.1 cm³/mol. The lowest BCUT2D eigenvalue weighted by Gasteiger charge is -2.23. The van der Waals surface area contributed by atoms with E-state index in [-0.39, 0.29) is 5.56 Å². The highest BCUT2D eigenvalue weighted by molar-refractivity contribution is 5.98. The van der Waals surface area contributed by atoms with Crippen molar-refractivity contribution < 1.29 is 32.3 Å². The smallest absolute Gasteiger partial charge is 0.417 e. The zero-order chi connectivity index (χ0) is 19.5. The van der Waals surface area contributed by atoms with Gasteiger partial charge in [0.05, 0.1) is 11.1 Å². The van der Waals surface area contributed by atoms with Gasteiger partial charge in [0.2, 0.25) is 0 Å². The summed E-state index contributed by atoms with van der Waals surface area (Å²) < 4.78 is 53.0. The van der Waals surface area contributed by atoms with Crippen LogP contribution in [0.1, 0.15) is 34.3 Å². The molecule has 0 aromatic heterocycles. The Morgan fingerprint density at radius 3 is 2.19 bits per heavy atom. The van der Waals surface area contributed by atoms with Crippen LogP contribution in [0.15, 0.2) is 48.5 Å². The fourth-order valence-electron chi connectivity index (χ4n) is 2.57. The topological polar surface area (TPSA) is 66.4 Å². The molecular formula is C18H15F4NO3. The van der Waals surface area contributed by atoms with Crippen LogP contribution in [0.2, 0.25) is 0 Å². The van der Waals surface area contributed by atoms with Crippen molar-refractivity contribution in [1.29, 1.82) is 0 Å². The van der Waals surface area contributed by atoms with Gasteiger partial charge >= 0.3 is 12.1 Å². The average molecular weight is 369 g/mol. The molecule has 0 bridgehead atoms. The number of carboxylic acids is 1. The Morgan fingerprint density at radius 1 is 1.04 bits per heavy atom. The fourth-order valence-corrected chi connectivity index (χ4v) is 2.57. The molecule has 0 fully saturated rings. The van der Waals surface area contributed by atoms with E-state index < -0.39 is 47.0 Å². The molecule has 2 aromatic rings. The van der Waals surface area contributed by atoms with E-state index in [1.54, 1.807) is 0 Å². The Bertz CT molecular complexity index is 820. The summed E-state index contributed by atoms with van der Waals surface area (Å²) in [6.07, 6.45) is -4.77. The first-order chi connectivity index (χ1) is 12.1. The molecule has 1 amide bonds. The highest BCUT2D eigenvalue weighted by Crippen LogP contribution is 2.32. The monoisotopic (exact) mass is 369 g/mol. The van der Waals surface area contributed by atoms with Crippen molar-refractivity contribution in [2.75, 3.05) is 0 Å². The molecule has 8 heteroatoms. The number of alkyl halides is 3. The van der Waals surface area contributed by atoms with Gasteiger partial charge in [0.25, 0.3) is 5.91 Å². The van der Waals surface area contributed by atoms with Gasteiger partial charge in [0.15, 0.2) is 0 Å².